The minimum absolute atomic E-state index is 1.13. The van der Waals surface area contributed by atoms with Crippen molar-refractivity contribution in [1.82, 2.24) is 5.53 Å². The van der Waals surface area contributed by atoms with Crippen molar-refractivity contribution in [2.75, 3.05) is 0 Å². The van der Waals surface area contributed by atoms with Gasteiger partial charge in [-0.25, -0.2) is 0 Å². The van der Waals surface area contributed by atoms with E-state index in [1.807, 2.05) is 42.5 Å². The second-order valence-electron chi connectivity index (χ2n) is 2.43. The molecule has 0 bridgehead atoms. The fraction of sp³-hybridized carbons (Fsp3) is 0. The number of hydrazone groups is 2. The molecule has 0 aliphatic rings. The molecule has 1 aromatic carbocycles. The molecule has 0 aromatic heterocycles. The Bertz CT molecular complexity index is 327. The van der Waals surface area contributed by atoms with Crippen LogP contribution in [0.3, 0.4) is 0 Å². The lowest BCUT2D eigenvalue weighted by Gasteiger charge is -1.88. The summed E-state index contributed by atoms with van der Waals surface area (Å²) in [6, 6.07) is 9.95. The summed E-state index contributed by atoms with van der Waals surface area (Å²) in [5, 5.41) is 7.22. The van der Waals surface area contributed by atoms with E-state index in [9.17, 15) is 0 Å². The number of nitrogens with two attached hydrogens (primary N) is 1. The van der Waals surface area contributed by atoms with E-state index in [0.29, 0.717) is 0 Å². The largest absolute Gasteiger partial charge is 0.388 e. The van der Waals surface area contributed by atoms with Crippen molar-refractivity contribution in [2.24, 2.45) is 15.9 Å². The Morgan fingerprint density at radius 1 is 1.14 bits per heavy atom. The number of nitrogens with zero attached hydrogens (tertiary/aromatic N) is 2. The van der Waals surface area contributed by atoms with E-state index in [4.69, 9.17) is 5.73 Å². The Morgan fingerprint density at radius 2 is 1.93 bits per heavy atom. The molecule has 0 aliphatic heterocycles. The Morgan fingerprint density at radius 3 is 2.64 bits per heavy atom. The first-order valence-corrected chi connectivity index (χ1v) is 4.16. The molecule has 0 saturated carbocycles. The fourth-order valence-electron chi connectivity index (χ4n) is 0.861. The van der Waals surface area contributed by atoms with Gasteiger partial charge in [-0.1, -0.05) is 36.4 Å². The van der Waals surface area contributed by atoms with E-state index in [1.54, 1.807) is 6.21 Å². The van der Waals surface area contributed by atoms with Gasteiger partial charge >= 0.3 is 0 Å². The summed E-state index contributed by atoms with van der Waals surface area (Å²) < 4.78 is 0. The van der Waals surface area contributed by atoms with E-state index >= 15 is 0 Å². The number of rotatable bonds is 4. The van der Waals surface area contributed by atoms with Crippen LogP contribution in [0.2, 0.25) is 0 Å². The van der Waals surface area contributed by atoms with Crippen molar-refractivity contribution in [3.8, 4) is 0 Å². The monoisotopic (exact) mass is 188 g/mol. The highest BCUT2D eigenvalue weighted by Crippen LogP contribution is 1.99. The molecule has 4 heteroatoms. The van der Waals surface area contributed by atoms with Crippen LogP contribution >= 0.6 is 0 Å². The lowest BCUT2D eigenvalue weighted by atomic mass is 10.2. The van der Waals surface area contributed by atoms with E-state index < -0.39 is 0 Å². The molecule has 0 fully saturated rings. The average Bonchev–Trinajstić information content (AvgIpc) is 2.25. The number of allylic oxidation sites excluding steroid dienone is 1. The summed E-state index contributed by atoms with van der Waals surface area (Å²) in [5.74, 6) is 0. The highest BCUT2D eigenvalue weighted by Gasteiger charge is 1.79. The van der Waals surface area contributed by atoms with Crippen LogP contribution in [-0.2, 0) is 0 Å². The number of hydrogen-bond donors (Lipinski definition) is 2. The average molecular weight is 188 g/mol. The zero-order chi connectivity index (χ0) is 10.1. The fourth-order valence-corrected chi connectivity index (χ4v) is 0.861. The lowest BCUT2D eigenvalue weighted by molar-refractivity contribution is 0.817. The molecule has 1 rings (SSSR count). The van der Waals surface area contributed by atoms with E-state index in [2.05, 4.69) is 15.7 Å². The first kappa shape index (κ1) is 9.98. The standard InChI is InChI=1S/C10H12N4/c11-9-13-14-12-8-4-7-10-5-2-1-3-6-10/h1-9,14H,(H2,11,13)/b7-4+,12-8+. The van der Waals surface area contributed by atoms with Gasteiger partial charge in [0.2, 0.25) is 0 Å². The molecule has 14 heavy (non-hydrogen) atoms. The minimum atomic E-state index is 1.13. The van der Waals surface area contributed by atoms with Crippen molar-refractivity contribution in [2.45, 2.75) is 0 Å². The van der Waals surface area contributed by atoms with Crippen molar-refractivity contribution < 1.29 is 0 Å². The molecule has 0 unspecified atom stereocenters. The summed E-state index contributed by atoms with van der Waals surface area (Å²) in [6.45, 7) is 0. The van der Waals surface area contributed by atoms with Crippen LogP contribution in [0.1, 0.15) is 5.56 Å². The van der Waals surface area contributed by atoms with Gasteiger partial charge in [0.05, 0.1) is 0 Å². The van der Waals surface area contributed by atoms with Crippen molar-refractivity contribution in [3.05, 3.63) is 42.0 Å². The molecular formula is C10H12N4. The Balaban J connectivity index is 2.38. The van der Waals surface area contributed by atoms with Crippen LogP contribution in [0, 0.1) is 0 Å². The van der Waals surface area contributed by atoms with Gasteiger partial charge in [0.15, 0.2) is 0 Å². The molecule has 1 aromatic rings. The lowest BCUT2D eigenvalue weighted by Crippen LogP contribution is -1.99. The highest BCUT2D eigenvalue weighted by atomic mass is 15.5. The third-order valence-electron chi connectivity index (χ3n) is 1.44. The molecule has 0 radical (unpaired) electrons. The number of hydrogen-bond acceptors (Lipinski definition) is 3. The van der Waals surface area contributed by atoms with Crippen LogP contribution in [0.25, 0.3) is 6.08 Å². The van der Waals surface area contributed by atoms with Crippen LogP contribution in [-0.4, -0.2) is 12.6 Å². The quantitative estimate of drug-likeness (QED) is 0.423. The highest BCUT2D eigenvalue weighted by molar-refractivity contribution is 5.77. The maximum Gasteiger partial charge on any atom is 0.108 e. The van der Waals surface area contributed by atoms with Gasteiger partial charge < -0.3 is 5.73 Å². The van der Waals surface area contributed by atoms with Gasteiger partial charge in [-0.15, -0.1) is 5.10 Å². The summed E-state index contributed by atoms with van der Waals surface area (Å²) in [4.78, 5) is 0. The molecule has 3 N–H and O–H groups in total. The topological polar surface area (TPSA) is 62.8 Å². The molecule has 0 atom stereocenters. The Kier molecular flexibility index (Phi) is 4.58. The zero-order valence-electron chi connectivity index (χ0n) is 7.67. The van der Waals surface area contributed by atoms with Gasteiger partial charge in [0.1, 0.15) is 6.34 Å². The smallest absolute Gasteiger partial charge is 0.108 e. The molecule has 72 valence electrons. The maximum absolute atomic E-state index is 4.99. The molecule has 0 aliphatic carbocycles. The van der Waals surface area contributed by atoms with Crippen LogP contribution in [0.5, 0.6) is 0 Å². The summed E-state index contributed by atoms with van der Waals surface area (Å²) in [6.07, 6.45) is 6.49. The molecule has 0 spiro atoms. The van der Waals surface area contributed by atoms with Gasteiger partial charge in [-0.2, -0.15) is 10.6 Å². The summed E-state index contributed by atoms with van der Waals surface area (Å²) in [7, 11) is 0. The first-order valence-electron chi connectivity index (χ1n) is 4.16. The molecular weight excluding hydrogens is 176 g/mol. The van der Waals surface area contributed by atoms with Crippen LogP contribution < -0.4 is 11.3 Å². The van der Waals surface area contributed by atoms with Crippen LogP contribution in [0.4, 0.5) is 0 Å². The van der Waals surface area contributed by atoms with Gasteiger partial charge in [-0.05, 0) is 11.6 Å². The Hall–Kier alpha value is -2.10. The molecule has 0 heterocycles. The first-order chi connectivity index (χ1) is 6.93. The van der Waals surface area contributed by atoms with Gasteiger partial charge in [-0.3, -0.25) is 0 Å². The number of benzene rings is 1. The van der Waals surface area contributed by atoms with Crippen molar-refractivity contribution in [1.29, 1.82) is 0 Å². The third kappa shape index (κ3) is 4.06. The predicted octanol–water partition coefficient (Wildman–Crippen LogP) is 1.18. The maximum atomic E-state index is 4.99. The van der Waals surface area contributed by atoms with E-state index in [0.717, 1.165) is 11.9 Å². The SMILES string of the molecule is N/C=N\N/N=C/C=C/c1ccccc1. The molecule has 0 saturated heterocycles. The Labute approximate surface area is 82.8 Å². The predicted molar refractivity (Wildman–Crippen MR) is 59.8 cm³/mol. The van der Waals surface area contributed by atoms with Gasteiger partial charge in [0.25, 0.3) is 0 Å². The summed E-state index contributed by atoms with van der Waals surface area (Å²) >= 11 is 0. The van der Waals surface area contributed by atoms with E-state index in [1.165, 1.54) is 0 Å². The van der Waals surface area contributed by atoms with Crippen LogP contribution in [0.15, 0.2) is 46.6 Å². The van der Waals surface area contributed by atoms with Crippen molar-refractivity contribution >= 4 is 18.6 Å². The second-order valence-corrected chi connectivity index (χ2v) is 2.43. The number of nitrogens with one attached hydrogen (secondary N) is 1. The molecule has 4 nitrogen and oxygen atoms in total. The van der Waals surface area contributed by atoms with E-state index in [-0.39, 0.29) is 0 Å². The summed E-state index contributed by atoms with van der Waals surface area (Å²) in [5.41, 5.74) is 8.50. The minimum Gasteiger partial charge on any atom is -0.388 e. The normalized spacial score (nSPS) is 11.7. The second kappa shape index (κ2) is 6.42. The van der Waals surface area contributed by atoms with Crippen molar-refractivity contribution in [3.63, 3.8) is 0 Å². The third-order valence-corrected chi connectivity index (χ3v) is 1.44. The zero-order valence-corrected chi connectivity index (χ0v) is 7.67. The molecule has 0 amide bonds. The van der Waals surface area contributed by atoms with Gasteiger partial charge in [0, 0.05) is 6.21 Å².